The van der Waals surface area contributed by atoms with Gasteiger partial charge in [0, 0.05) is 18.7 Å². The quantitative estimate of drug-likeness (QED) is 0.448. The highest BCUT2D eigenvalue weighted by atomic mass is 35.5. The molecule has 2 aromatic carbocycles. The summed E-state index contributed by atoms with van der Waals surface area (Å²) in [5, 5.41) is 0.0251. The lowest BCUT2D eigenvalue weighted by Gasteiger charge is -2.30. The molecule has 2 aromatic rings. The van der Waals surface area contributed by atoms with Crippen molar-refractivity contribution in [3.05, 3.63) is 52.5 Å². The number of carbonyl (C=O) groups excluding carboxylic acids is 2. The van der Waals surface area contributed by atoms with Gasteiger partial charge in [0.1, 0.15) is 18.1 Å². The molecule has 8 nitrogen and oxygen atoms in total. The number of halogens is 1. The van der Waals surface area contributed by atoms with Gasteiger partial charge in [-0.3, -0.25) is 4.79 Å². The molecule has 2 heterocycles. The summed E-state index contributed by atoms with van der Waals surface area (Å²) in [5.41, 5.74) is 0.309. The Bertz CT molecular complexity index is 1180. The lowest BCUT2D eigenvalue weighted by Crippen LogP contribution is -2.39. The first kappa shape index (κ1) is 23.5. The maximum absolute atomic E-state index is 13.1. The van der Waals surface area contributed by atoms with E-state index < -0.39 is 28.4 Å². The minimum absolute atomic E-state index is 0.00185. The number of ketones is 1. The van der Waals surface area contributed by atoms with Crippen LogP contribution in [-0.4, -0.2) is 57.4 Å². The first-order valence-electron chi connectivity index (χ1n) is 10.7. The molecule has 0 aliphatic carbocycles. The maximum atomic E-state index is 13.1. The lowest BCUT2D eigenvalue weighted by atomic mass is 10.0. The average molecular weight is 494 g/mol. The van der Waals surface area contributed by atoms with Crippen molar-refractivity contribution >= 4 is 33.4 Å². The molecule has 0 N–H and O–H groups in total. The molecule has 1 fully saturated rings. The van der Waals surface area contributed by atoms with Gasteiger partial charge in [0.05, 0.1) is 10.6 Å². The second-order valence-electron chi connectivity index (χ2n) is 8.11. The average Bonchev–Trinajstić information content (AvgIpc) is 2.82. The fourth-order valence-corrected chi connectivity index (χ4v) is 5.95. The second-order valence-corrected chi connectivity index (χ2v) is 10.4. The summed E-state index contributed by atoms with van der Waals surface area (Å²) < 4.78 is 43.6. The van der Waals surface area contributed by atoms with E-state index in [1.807, 2.05) is 6.92 Å². The van der Waals surface area contributed by atoms with Crippen molar-refractivity contribution in [2.75, 3.05) is 32.9 Å². The van der Waals surface area contributed by atoms with E-state index in [1.165, 1.54) is 28.6 Å². The molecular weight excluding hydrogens is 470 g/mol. The SMILES string of the molecule is CC1CCCN(S(=O)(=O)c2cc(C(=O)OCC(=O)c3ccc4c(c3)OCCO4)ccc2Cl)C1. The van der Waals surface area contributed by atoms with Crippen molar-refractivity contribution in [2.24, 2.45) is 5.92 Å². The molecule has 1 unspecified atom stereocenters. The van der Waals surface area contributed by atoms with Crippen molar-refractivity contribution in [2.45, 2.75) is 24.7 Å². The highest BCUT2D eigenvalue weighted by Gasteiger charge is 2.31. The molecule has 0 spiro atoms. The zero-order valence-corrected chi connectivity index (χ0v) is 19.7. The van der Waals surface area contributed by atoms with E-state index >= 15 is 0 Å². The van der Waals surface area contributed by atoms with Gasteiger partial charge in [0.25, 0.3) is 0 Å². The van der Waals surface area contributed by atoms with Crippen LogP contribution >= 0.6 is 11.6 Å². The Kier molecular flexibility index (Phi) is 6.92. The number of esters is 1. The topological polar surface area (TPSA) is 99.2 Å². The summed E-state index contributed by atoms with van der Waals surface area (Å²) in [6.45, 7) is 3.12. The van der Waals surface area contributed by atoms with Crippen molar-refractivity contribution in [1.29, 1.82) is 0 Å². The van der Waals surface area contributed by atoms with Gasteiger partial charge < -0.3 is 14.2 Å². The molecule has 1 saturated heterocycles. The van der Waals surface area contributed by atoms with Crippen LogP contribution in [0.25, 0.3) is 0 Å². The molecule has 1 atom stereocenters. The largest absolute Gasteiger partial charge is 0.486 e. The molecule has 33 heavy (non-hydrogen) atoms. The molecule has 2 aliphatic heterocycles. The summed E-state index contributed by atoms with van der Waals surface area (Å²) >= 11 is 6.17. The Morgan fingerprint density at radius 2 is 1.82 bits per heavy atom. The second kappa shape index (κ2) is 9.70. The minimum Gasteiger partial charge on any atom is -0.486 e. The number of fused-ring (bicyclic) bond motifs is 1. The van der Waals surface area contributed by atoms with Crippen LogP contribution in [0.1, 0.15) is 40.5 Å². The zero-order chi connectivity index (χ0) is 23.6. The number of nitrogens with zero attached hydrogens (tertiary/aromatic N) is 1. The number of benzene rings is 2. The highest BCUT2D eigenvalue weighted by molar-refractivity contribution is 7.89. The molecule has 10 heteroatoms. The summed E-state index contributed by atoms with van der Waals surface area (Å²) in [4.78, 5) is 24.9. The van der Waals surface area contributed by atoms with E-state index in [0.717, 1.165) is 12.8 Å². The number of carbonyl (C=O) groups is 2. The van der Waals surface area contributed by atoms with E-state index in [1.54, 1.807) is 12.1 Å². The number of hydrogen-bond donors (Lipinski definition) is 0. The van der Waals surface area contributed by atoms with Gasteiger partial charge in [0.15, 0.2) is 23.9 Å². The number of ether oxygens (including phenoxy) is 3. The predicted molar refractivity (Wildman–Crippen MR) is 121 cm³/mol. The number of rotatable bonds is 6. The van der Waals surface area contributed by atoms with E-state index in [0.29, 0.717) is 43.4 Å². The minimum atomic E-state index is -3.86. The molecule has 0 bridgehead atoms. The Morgan fingerprint density at radius 3 is 2.58 bits per heavy atom. The van der Waals surface area contributed by atoms with Crippen LogP contribution in [-0.2, 0) is 14.8 Å². The van der Waals surface area contributed by atoms with E-state index in [9.17, 15) is 18.0 Å². The van der Waals surface area contributed by atoms with Crippen LogP contribution in [0, 0.1) is 5.92 Å². The summed E-state index contributed by atoms with van der Waals surface area (Å²) in [7, 11) is -3.86. The van der Waals surface area contributed by atoms with Gasteiger partial charge in [-0.2, -0.15) is 4.31 Å². The fraction of sp³-hybridized carbons (Fsp3) is 0.391. The Hall–Kier alpha value is -2.62. The van der Waals surface area contributed by atoms with Crippen molar-refractivity contribution < 1.29 is 32.2 Å². The Balaban J connectivity index is 1.46. The predicted octanol–water partition coefficient (Wildman–Crippen LogP) is 3.57. The van der Waals surface area contributed by atoms with Gasteiger partial charge in [0.2, 0.25) is 10.0 Å². The molecule has 2 aliphatic rings. The monoisotopic (exact) mass is 493 g/mol. The summed E-state index contributed by atoms with van der Waals surface area (Å²) in [5.74, 6) is 0.00304. The molecule has 0 radical (unpaired) electrons. The van der Waals surface area contributed by atoms with Gasteiger partial charge in [-0.05, 0) is 55.2 Å². The van der Waals surface area contributed by atoms with Gasteiger partial charge in [-0.1, -0.05) is 18.5 Å². The van der Waals surface area contributed by atoms with Crippen molar-refractivity contribution in [3.8, 4) is 11.5 Å². The summed E-state index contributed by atoms with van der Waals surface area (Å²) in [6, 6.07) is 8.65. The molecule has 176 valence electrons. The standard InChI is InChI=1S/C23H24ClNO7S/c1-15-3-2-8-25(13-15)33(28,29)22-12-17(4-6-18(22)24)23(27)32-14-19(26)16-5-7-20-21(11-16)31-10-9-30-20/h4-7,11-12,15H,2-3,8-10,13-14H2,1H3. The number of hydrogen-bond acceptors (Lipinski definition) is 7. The van der Waals surface area contributed by atoms with Gasteiger partial charge >= 0.3 is 5.97 Å². The first-order valence-corrected chi connectivity index (χ1v) is 12.5. The highest BCUT2D eigenvalue weighted by Crippen LogP contribution is 2.31. The van der Waals surface area contributed by atoms with Crippen LogP contribution in [0.5, 0.6) is 11.5 Å². The zero-order valence-electron chi connectivity index (χ0n) is 18.1. The maximum Gasteiger partial charge on any atom is 0.338 e. The Labute approximate surface area is 197 Å². The van der Waals surface area contributed by atoms with Crippen LogP contribution in [0.2, 0.25) is 5.02 Å². The van der Waals surface area contributed by atoms with E-state index in [4.69, 9.17) is 25.8 Å². The fourth-order valence-electron chi connectivity index (χ4n) is 3.85. The number of sulfonamides is 1. The van der Waals surface area contributed by atoms with Crippen LogP contribution in [0.15, 0.2) is 41.3 Å². The molecule has 0 amide bonds. The molecule has 4 rings (SSSR count). The summed E-state index contributed by atoms with van der Waals surface area (Å²) in [6.07, 6.45) is 1.73. The first-order chi connectivity index (χ1) is 15.8. The van der Waals surface area contributed by atoms with Crippen molar-refractivity contribution in [3.63, 3.8) is 0 Å². The van der Waals surface area contributed by atoms with Gasteiger partial charge in [-0.25, -0.2) is 13.2 Å². The van der Waals surface area contributed by atoms with Crippen molar-refractivity contribution in [1.82, 2.24) is 4.31 Å². The molecule has 0 saturated carbocycles. The third-order valence-corrected chi connectivity index (χ3v) is 7.95. The van der Waals surface area contributed by atoms with Crippen LogP contribution in [0.4, 0.5) is 0 Å². The smallest absolute Gasteiger partial charge is 0.338 e. The third-order valence-electron chi connectivity index (χ3n) is 5.60. The van der Waals surface area contributed by atoms with E-state index in [2.05, 4.69) is 0 Å². The molecular formula is C23H24ClNO7S. The number of piperidine rings is 1. The molecule has 0 aromatic heterocycles. The third kappa shape index (κ3) is 5.15. The Morgan fingerprint density at radius 1 is 1.09 bits per heavy atom. The van der Waals surface area contributed by atoms with Crippen LogP contribution in [0.3, 0.4) is 0 Å². The number of Topliss-reactive ketones (excluding diaryl/α,β-unsaturated/α-hetero) is 1. The normalized spacial score (nSPS) is 18.5. The van der Waals surface area contributed by atoms with Crippen LogP contribution < -0.4 is 9.47 Å². The van der Waals surface area contributed by atoms with Gasteiger partial charge in [-0.15, -0.1) is 0 Å². The van der Waals surface area contributed by atoms with E-state index in [-0.39, 0.29) is 21.4 Å². The lowest BCUT2D eigenvalue weighted by molar-refractivity contribution is 0.0474.